The fourth-order valence-corrected chi connectivity index (χ4v) is 1.52. The first kappa shape index (κ1) is 7.30. The van der Waals surface area contributed by atoms with Gasteiger partial charge in [0.25, 0.3) is 0 Å². The first-order valence-corrected chi connectivity index (χ1v) is 16.2. The van der Waals surface area contributed by atoms with Crippen LogP contribution >= 0.6 is 0 Å². The molecule has 0 bridgehead atoms. The SMILES string of the molecule is [CH3][Pb]([CH3])([CH3])[CH]=[N+]=[N-]. The average molecular weight is 293 g/mol. The summed E-state index contributed by atoms with van der Waals surface area (Å²) in [5.41, 5.74) is 8.03. The van der Waals surface area contributed by atoms with Crippen molar-refractivity contribution < 1.29 is 4.79 Å². The van der Waals surface area contributed by atoms with Crippen molar-refractivity contribution in [3.63, 3.8) is 0 Å². The second-order valence-corrected chi connectivity index (χ2v) is 22.0. The van der Waals surface area contributed by atoms with Crippen LogP contribution in [0.3, 0.4) is 0 Å². The summed E-state index contributed by atoms with van der Waals surface area (Å²) in [5.74, 6) is 0. The zero-order chi connectivity index (χ0) is 5.91. The molecule has 0 heterocycles. The molecule has 0 aromatic heterocycles. The molecule has 0 spiro atoms. The van der Waals surface area contributed by atoms with E-state index in [4.69, 9.17) is 5.53 Å². The van der Waals surface area contributed by atoms with Gasteiger partial charge in [0.15, 0.2) is 0 Å². The van der Waals surface area contributed by atoms with Crippen LogP contribution in [0.2, 0.25) is 13.4 Å². The Balaban J connectivity index is 3.80. The molecule has 0 aliphatic rings. The van der Waals surface area contributed by atoms with Gasteiger partial charge in [-0.25, -0.2) is 0 Å². The molecule has 0 saturated carbocycles. The molecule has 2 nitrogen and oxygen atoms in total. The Kier molecular flexibility index (Phi) is 2.68. The van der Waals surface area contributed by atoms with Crippen molar-refractivity contribution in [2.24, 2.45) is 0 Å². The van der Waals surface area contributed by atoms with Gasteiger partial charge in [-0.1, -0.05) is 0 Å². The molecule has 0 amide bonds. The van der Waals surface area contributed by atoms with Gasteiger partial charge in [0.1, 0.15) is 0 Å². The minimum absolute atomic E-state index is 1.72. The molecule has 0 rings (SSSR count). The summed E-state index contributed by atoms with van der Waals surface area (Å²) in [7, 11) is 0. The second kappa shape index (κ2) is 2.57. The van der Waals surface area contributed by atoms with Crippen LogP contribution in [0.5, 0.6) is 0 Å². The third-order valence-electron chi connectivity index (χ3n) is 0.445. The summed E-state index contributed by atoms with van der Waals surface area (Å²) in [6, 6.07) is 0. The zero-order valence-corrected chi connectivity index (χ0v) is 8.86. The van der Waals surface area contributed by atoms with E-state index in [9.17, 15) is 0 Å². The standard InChI is InChI=1S/CHN2.3CH3.Pb/c1-3-2;;;;/h1H;3*1H3;. The van der Waals surface area contributed by atoms with Gasteiger partial charge < -0.3 is 0 Å². The molecule has 0 radical (unpaired) electrons. The van der Waals surface area contributed by atoms with E-state index in [1.165, 1.54) is 0 Å². The van der Waals surface area contributed by atoms with Crippen LogP contribution in [0, 0.1) is 0 Å². The topological polar surface area (TPSA) is 36.4 Å². The van der Waals surface area contributed by atoms with E-state index >= 15 is 0 Å². The monoisotopic (exact) mass is 294 g/mol. The van der Waals surface area contributed by atoms with Gasteiger partial charge in [0.05, 0.1) is 0 Å². The van der Waals surface area contributed by atoms with Gasteiger partial charge in [-0.3, -0.25) is 0 Å². The third kappa shape index (κ3) is 6.30. The van der Waals surface area contributed by atoms with Crippen LogP contribution in [-0.4, -0.2) is 29.7 Å². The van der Waals surface area contributed by atoms with Gasteiger partial charge >= 0.3 is 48.7 Å². The molecule has 3 heteroatoms. The molecule has 0 aliphatic heterocycles. The third-order valence-corrected chi connectivity index (χ3v) is 3.91. The van der Waals surface area contributed by atoms with Gasteiger partial charge in [0.2, 0.25) is 0 Å². The van der Waals surface area contributed by atoms with E-state index in [1.807, 2.05) is 0 Å². The molecule has 0 aromatic rings. The summed E-state index contributed by atoms with van der Waals surface area (Å²) >= 11 is -1.92. The zero-order valence-electron chi connectivity index (χ0n) is 4.97. The summed E-state index contributed by atoms with van der Waals surface area (Å²) in [6.07, 6.45) is 0. The van der Waals surface area contributed by atoms with Crippen molar-refractivity contribution in [1.29, 1.82) is 0 Å². The quantitative estimate of drug-likeness (QED) is 0.301. The predicted octanol–water partition coefficient (Wildman–Crippen LogP) is 1.16. The van der Waals surface area contributed by atoms with E-state index in [0.717, 1.165) is 0 Å². The summed E-state index contributed by atoms with van der Waals surface area (Å²) in [5, 5.41) is 0. The van der Waals surface area contributed by atoms with Crippen molar-refractivity contribution in [3.8, 4) is 0 Å². The molecule has 0 N–H and O–H groups in total. The summed E-state index contributed by atoms with van der Waals surface area (Å²) < 4.78 is 8.28. The van der Waals surface area contributed by atoms with Crippen LogP contribution < -0.4 is 0 Å². The van der Waals surface area contributed by atoms with E-state index in [2.05, 4.69) is 18.2 Å². The minimum atomic E-state index is -1.92. The van der Waals surface area contributed by atoms with Gasteiger partial charge in [-0.15, -0.1) is 0 Å². The predicted molar refractivity (Wildman–Crippen MR) is 33.0 cm³/mol. The molecule has 7 heavy (non-hydrogen) atoms. The maximum atomic E-state index is 8.03. The normalized spacial score (nSPS) is 10.1. The van der Waals surface area contributed by atoms with Crippen molar-refractivity contribution in [2.45, 2.75) is 13.4 Å². The molecule has 0 aliphatic carbocycles. The molecule has 0 saturated heterocycles. The molecule has 0 unspecified atom stereocenters. The Hall–Kier alpha value is 0.302. The van der Waals surface area contributed by atoms with Crippen LogP contribution in [0.25, 0.3) is 5.53 Å². The van der Waals surface area contributed by atoms with Gasteiger partial charge in [0, 0.05) is 0 Å². The molecule has 0 aromatic carbocycles. The van der Waals surface area contributed by atoms with Crippen LogP contribution in [0.1, 0.15) is 0 Å². The van der Waals surface area contributed by atoms with Crippen molar-refractivity contribution >= 4 is 24.9 Å². The van der Waals surface area contributed by atoms with E-state index in [0.29, 0.717) is 0 Å². The molecule has 0 atom stereocenters. The molecular weight excluding hydrogens is 283 g/mol. The fourth-order valence-electron chi connectivity index (χ4n) is 0.173. The first-order chi connectivity index (χ1) is 3.06. The van der Waals surface area contributed by atoms with E-state index in [-0.39, 0.29) is 0 Å². The van der Waals surface area contributed by atoms with E-state index in [1.54, 1.807) is 3.77 Å². The number of rotatable bonds is 1. The Morgan fingerprint density at radius 3 is 1.86 bits per heavy atom. The molecule has 0 fully saturated rings. The number of hydrogen-bond donors (Lipinski definition) is 0. The van der Waals surface area contributed by atoms with Crippen LogP contribution in [0.15, 0.2) is 0 Å². The summed E-state index contributed by atoms with van der Waals surface area (Å²) in [6.45, 7) is 0. The Morgan fingerprint density at radius 1 is 1.43 bits per heavy atom. The van der Waals surface area contributed by atoms with Crippen molar-refractivity contribution in [1.82, 2.24) is 0 Å². The van der Waals surface area contributed by atoms with Crippen molar-refractivity contribution in [3.05, 3.63) is 5.53 Å². The van der Waals surface area contributed by atoms with Gasteiger partial charge in [-0.05, 0) is 0 Å². The van der Waals surface area contributed by atoms with Crippen LogP contribution in [-0.2, 0) is 0 Å². The number of hydrogen-bond acceptors (Lipinski definition) is 0. The average Bonchev–Trinajstić information content (AvgIpc) is 1.30. The van der Waals surface area contributed by atoms with Crippen molar-refractivity contribution in [2.75, 3.05) is 0 Å². The van der Waals surface area contributed by atoms with E-state index < -0.39 is 21.2 Å². The van der Waals surface area contributed by atoms with Crippen LogP contribution in [0.4, 0.5) is 0 Å². The maximum absolute atomic E-state index is 8.03. The first-order valence-electron chi connectivity index (χ1n) is 2.25. The summed E-state index contributed by atoms with van der Waals surface area (Å²) in [4.78, 5) is 2.98. The van der Waals surface area contributed by atoms with Gasteiger partial charge in [-0.2, -0.15) is 0 Å². The molecule has 40 valence electrons. The number of nitrogens with zero attached hydrogens (tertiary/aromatic N) is 2. The molecular formula is C4H10N2Pb. The second-order valence-electron chi connectivity index (χ2n) is 2.61. The Morgan fingerprint density at radius 2 is 1.86 bits per heavy atom. The Bertz CT molecular complexity index is 96.7. The Labute approximate surface area is 48.8 Å². The fraction of sp³-hybridized carbons (Fsp3) is 0.750.